The second kappa shape index (κ2) is 8.63. The second-order valence-electron chi connectivity index (χ2n) is 8.39. The van der Waals surface area contributed by atoms with Gasteiger partial charge in [-0.3, -0.25) is 9.59 Å². The Kier molecular flexibility index (Phi) is 5.55. The van der Waals surface area contributed by atoms with Gasteiger partial charge in [0.05, 0.1) is 5.69 Å². The van der Waals surface area contributed by atoms with Crippen molar-refractivity contribution in [2.24, 2.45) is 11.8 Å². The van der Waals surface area contributed by atoms with Crippen LogP contribution in [0.2, 0.25) is 0 Å². The summed E-state index contributed by atoms with van der Waals surface area (Å²) in [5.41, 5.74) is 3.36. The highest BCUT2D eigenvalue weighted by atomic mass is 32.1. The third-order valence-electron chi connectivity index (χ3n) is 6.17. The van der Waals surface area contributed by atoms with Crippen LogP contribution in [0.15, 0.2) is 66.0 Å². The maximum absolute atomic E-state index is 12.5. The topological polar surface area (TPSA) is 71.1 Å². The minimum Gasteiger partial charge on any atom is -0.355 e. The standard InChI is InChI=1S/C25H25N3O2S/c29-23(21-13-19(21)16-7-3-1-4-8-16)26-12-11-18-15-31-25(27-18)28-24(30)22-14-20(22)17-9-5-2-6-10-17/h1-10,15,19-22H,11-14H2,(H,26,29)(H,27,28,30)/t19-,20-,21-,22-/m1/s1. The van der Waals surface area contributed by atoms with Crippen molar-refractivity contribution >= 4 is 28.3 Å². The highest BCUT2D eigenvalue weighted by molar-refractivity contribution is 7.13. The summed E-state index contributed by atoms with van der Waals surface area (Å²) in [6, 6.07) is 20.4. The second-order valence-corrected chi connectivity index (χ2v) is 9.25. The van der Waals surface area contributed by atoms with Crippen LogP contribution in [-0.4, -0.2) is 23.3 Å². The zero-order valence-corrected chi connectivity index (χ0v) is 18.0. The fourth-order valence-electron chi connectivity index (χ4n) is 4.23. The van der Waals surface area contributed by atoms with Crippen molar-refractivity contribution in [3.05, 3.63) is 82.9 Å². The summed E-state index contributed by atoms with van der Waals surface area (Å²) in [5.74, 6) is 0.957. The summed E-state index contributed by atoms with van der Waals surface area (Å²) in [6.07, 6.45) is 2.48. The van der Waals surface area contributed by atoms with E-state index in [1.165, 1.54) is 22.5 Å². The van der Waals surface area contributed by atoms with Crippen molar-refractivity contribution in [3.63, 3.8) is 0 Å². The van der Waals surface area contributed by atoms with Crippen LogP contribution < -0.4 is 10.6 Å². The number of carbonyl (C=O) groups excluding carboxylic acids is 2. The minimum atomic E-state index is 0.0325. The lowest BCUT2D eigenvalue weighted by Gasteiger charge is -2.04. The summed E-state index contributed by atoms with van der Waals surface area (Å²) in [4.78, 5) is 29.4. The van der Waals surface area contributed by atoms with Gasteiger partial charge in [0.15, 0.2) is 5.13 Å². The Morgan fingerprint density at radius 2 is 1.45 bits per heavy atom. The first-order chi connectivity index (χ1) is 15.2. The van der Waals surface area contributed by atoms with Gasteiger partial charge in [-0.05, 0) is 35.8 Å². The molecule has 1 heterocycles. The van der Waals surface area contributed by atoms with Crippen LogP contribution >= 0.6 is 11.3 Å². The Labute approximate surface area is 185 Å². The third kappa shape index (κ3) is 4.69. The Hall–Kier alpha value is -2.99. The molecule has 0 bridgehead atoms. The molecule has 0 spiro atoms. The number of nitrogens with one attached hydrogen (secondary N) is 2. The highest BCUT2D eigenvalue weighted by Crippen LogP contribution is 2.48. The molecule has 0 saturated heterocycles. The molecule has 2 aliphatic carbocycles. The van der Waals surface area contributed by atoms with Crippen LogP contribution in [0.5, 0.6) is 0 Å². The van der Waals surface area contributed by atoms with Crippen LogP contribution in [0, 0.1) is 11.8 Å². The Morgan fingerprint density at radius 3 is 2.06 bits per heavy atom. The molecule has 6 heteroatoms. The summed E-state index contributed by atoms with van der Waals surface area (Å²) in [7, 11) is 0. The largest absolute Gasteiger partial charge is 0.355 e. The van der Waals surface area contributed by atoms with Gasteiger partial charge in [0.2, 0.25) is 11.8 Å². The van der Waals surface area contributed by atoms with Crippen LogP contribution in [-0.2, 0) is 16.0 Å². The van der Waals surface area contributed by atoms with Crippen molar-refractivity contribution in [1.29, 1.82) is 0 Å². The quantitative estimate of drug-likeness (QED) is 0.557. The number of benzene rings is 2. The SMILES string of the molecule is O=C(NCCc1csc(NC(=O)[C@@H]2C[C@@H]2c2ccccc2)n1)[C@@H]1C[C@@H]1c1ccccc1. The normalized spacial score (nSPS) is 23.7. The number of hydrogen-bond donors (Lipinski definition) is 2. The van der Waals surface area contributed by atoms with Crippen molar-refractivity contribution in [2.45, 2.75) is 31.1 Å². The van der Waals surface area contributed by atoms with E-state index >= 15 is 0 Å². The third-order valence-corrected chi connectivity index (χ3v) is 6.98. The van der Waals surface area contributed by atoms with E-state index < -0.39 is 0 Å². The molecule has 5 nitrogen and oxygen atoms in total. The van der Waals surface area contributed by atoms with Crippen LogP contribution in [0.25, 0.3) is 0 Å². The fraction of sp³-hybridized carbons (Fsp3) is 0.320. The zero-order chi connectivity index (χ0) is 21.2. The van der Waals surface area contributed by atoms with Gasteiger partial charge in [0, 0.05) is 30.2 Å². The van der Waals surface area contributed by atoms with E-state index in [1.807, 2.05) is 41.8 Å². The van der Waals surface area contributed by atoms with Gasteiger partial charge in [0.25, 0.3) is 0 Å². The predicted octanol–water partition coefficient (Wildman–Crippen LogP) is 4.35. The molecule has 2 amide bonds. The van der Waals surface area contributed by atoms with Gasteiger partial charge in [0.1, 0.15) is 0 Å². The number of rotatable bonds is 8. The zero-order valence-electron chi connectivity index (χ0n) is 17.2. The molecule has 31 heavy (non-hydrogen) atoms. The van der Waals surface area contributed by atoms with E-state index in [-0.39, 0.29) is 23.7 Å². The molecule has 0 radical (unpaired) electrons. The number of anilines is 1. The van der Waals surface area contributed by atoms with E-state index in [4.69, 9.17) is 0 Å². The van der Waals surface area contributed by atoms with E-state index in [0.29, 0.717) is 29.9 Å². The molecule has 3 aromatic rings. The fourth-order valence-corrected chi connectivity index (χ4v) is 4.98. The summed E-state index contributed by atoms with van der Waals surface area (Å²) in [6.45, 7) is 0.562. The molecule has 0 unspecified atom stereocenters. The van der Waals surface area contributed by atoms with E-state index in [1.54, 1.807) is 0 Å². The summed E-state index contributed by atoms with van der Waals surface area (Å²) < 4.78 is 0. The maximum Gasteiger partial charge on any atom is 0.229 e. The van der Waals surface area contributed by atoms with E-state index in [2.05, 4.69) is 39.9 Å². The molecular weight excluding hydrogens is 406 g/mol. The van der Waals surface area contributed by atoms with Gasteiger partial charge in [-0.1, -0.05) is 60.7 Å². The number of nitrogens with zero attached hydrogens (tertiary/aromatic N) is 1. The number of aromatic nitrogens is 1. The first-order valence-electron chi connectivity index (χ1n) is 10.8. The summed E-state index contributed by atoms with van der Waals surface area (Å²) >= 11 is 1.44. The first-order valence-corrected chi connectivity index (χ1v) is 11.7. The molecule has 2 fully saturated rings. The number of amides is 2. The lowest BCUT2D eigenvalue weighted by molar-refractivity contribution is -0.122. The summed E-state index contributed by atoms with van der Waals surface area (Å²) in [5, 5.41) is 8.58. The predicted molar refractivity (Wildman–Crippen MR) is 122 cm³/mol. The molecule has 2 N–H and O–H groups in total. The average molecular weight is 432 g/mol. The van der Waals surface area contributed by atoms with Crippen LogP contribution in [0.1, 0.15) is 41.5 Å². The number of hydrogen-bond acceptors (Lipinski definition) is 4. The van der Waals surface area contributed by atoms with E-state index in [0.717, 1.165) is 18.5 Å². The highest BCUT2D eigenvalue weighted by Gasteiger charge is 2.44. The Bertz CT molecular complexity index is 1070. The molecule has 5 rings (SSSR count). The Morgan fingerprint density at radius 1 is 0.871 bits per heavy atom. The van der Waals surface area contributed by atoms with Crippen molar-refractivity contribution in [2.75, 3.05) is 11.9 Å². The molecule has 2 aromatic carbocycles. The van der Waals surface area contributed by atoms with Crippen molar-refractivity contribution in [1.82, 2.24) is 10.3 Å². The molecule has 1 aromatic heterocycles. The first kappa shape index (κ1) is 19.9. The number of thiazole rings is 1. The lowest BCUT2D eigenvalue weighted by Crippen LogP contribution is -2.27. The van der Waals surface area contributed by atoms with E-state index in [9.17, 15) is 9.59 Å². The Balaban J connectivity index is 1.05. The van der Waals surface area contributed by atoms with Gasteiger partial charge >= 0.3 is 0 Å². The van der Waals surface area contributed by atoms with Gasteiger partial charge in [-0.25, -0.2) is 4.98 Å². The lowest BCUT2D eigenvalue weighted by atomic mass is 10.1. The molecule has 0 aliphatic heterocycles. The van der Waals surface area contributed by atoms with Gasteiger partial charge in [-0.15, -0.1) is 11.3 Å². The van der Waals surface area contributed by atoms with Crippen molar-refractivity contribution in [3.8, 4) is 0 Å². The molecule has 158 valence electrons. The van der Waals surface area contributed by atoms with Crippen LogP contribution in [0.3, 0.4) is 0 Å². The molecular formula is C25H25N3O2S. The van der Waals surface area contributed by atoms with Gasteiger partial charge in [-0.2, -0.15) is 0 Å². The smallest absolute Gasteiger partial charge is 0.229 e. The van der Waals surface area contributed by atoms with Gasteiger partial charge < -0.3 is 10.6 Å². The molecule has 2 saturated carbocycles. The minimum absolute atomic E-state index is 0.0325. The maximum atomic E-state index is 12.5. The van der Waals surface area contributed by atoms with Crippen LogP contribution in [0.4, 0.5) is 5.13 Å². The monoisotopic (exact) mass is 431 g/mol. The average Bonchev–Trinajstić information content (AvgIpc) is 3.72. The molecule has 4 atom stereocenters. The number of carbonyl (C=O) groups is 2. The molecule has 2 aliphatic rings. The van der Waals surface area contributed by atoms with Crippen molar-refractivity contribution < 1.29 is 9.59 Å².